The molecule has 0 saturated carbocycles. The third kappa shape index (κ3) is 3.49. The van der Waals surface area contributed by atoms with Gasteiger partial charge in [-0.15, -0.1) is 0 Å². The van der Waals surface area contributed by atoms with E-state index in [4.69, 9.17) is 16.5 Å². The summed E-state index contributed by atoms with van der Waals surface area (Å²) in [5.41, 5.74) is 0. The van der Waals surface area contributed by atoms with Gasteiger partial charge in [0, 0.05) is 15.1 Å². The van der Waals surface area contributed by atoms with Crippen molar-refractivity contribution < 1.29 is 25.0 Å². The van der Waals surface area contributed by atoms with E-state index in [2.05, 4.69) is 5.11 Å². The molecule has 0 spiro atoms. The summed E-state index contributed by atoms with van der Waals surface area (Å²) in [7, 11) is 0. The predicted octanol–water partition coefficient (Wildman–Crippen LogP) is 2.29. The molecular weight excluding hydrogens is 128 g/mol. The van der Waals surface area contributed by atoms with Crippen LogP contribution in [0.1, 0.15) is 54.4 Å². The molecule has 0 aromatic carbocycles. The van der Waals surface area contributed by atoms with Gasteiger partial charge in [-0.2, -0.15) is 0 Å². The van der Waals surface area contributed by atoms with E-state index < -0.39 is 51.2 Å². The highest BCUT2D eigenvalue weighted by Crippen LogP contribution is 2.12. The number of carboxylic acid groups (broad SMARTS) is 1. The number of hydrogen-bond acceptors (Lipinski definition) is 2. The molecule has 2 nitrogen and oxygen atoms in total. The van der Waals surface area contributed by atoms with Crippen molar-refractivity contribution >= 4 is 5.97 Å². The quantitative estimate of drug-likeness (QED) is 0.663. The first kappa shape index (κ1) is 1.62. The zero-order valence-corrected chi connectivity index (χ0v) is 5.23. The van der Waals surface area contributed by atoms with Crippen LogP contribution in [0.3, 0.4) is 0 Å². The van der Waals surface area contributed by atoms with Crippen molar-refractivity contribution in [1.82, 2.24) is 0 Å². The molecule has 0 saturated heterocycles. The summed E-state index contributed by atoms with van der Waals surface area (Å²) in [4.78, 5) is 11.7. The first-order valence-electron chi connectivity index (χ1n) is 8.48. The smallest absolute Gasteiger partial charge is 0.306 e. The SMILES string of the molecule is [2H]OC(=O)C([2H])(C([2H])([2H])CC([2H])([2H])[2H])C([2H])([2H])CC([2H])([2H])[2H]. The molecule has 0 atom stereocenters. The summed E-state index contributed by atoms with van der Waals surface area (Å²) in [5, 5.41) is 3.49. The summed E-state index contributed by atoms with van der Waals surface area (Å²) >= 11 is 0. The second kappa shape index (κ2) is 5.27. The second-order valence-corrected chi connectivity index (χ2v) is 1.37. The molecule has 0 rings (SSSR count). The van der Waals surface area contributed by atoms with Crippen molar-refractivity contribution in [3.05, 3.63) is 0 Å². The van der Waals surface area contributed by atoms with Crippen LogP contribution in [0, 0.1) is 5.89 Å². The van der Waals surface area contributed by atoms with Crippen LogP contribution in [0.4, 0.5) is 0 Å². The number of aliphatic carboxylic acids is 1. The monoisotopic (exact) mass is 156 g/mol. The Bertz CT molecular complexity index is 380. The van der Waals surface area contributed by atoms with E-state index in [0.29, 0.717) is 0 Å². The van der Waals surface area contributed by atoms with Gasteiger partial charge < -0.3 is 5.11 Å². The average molecular weight is 156 g/mol. The molecule has 0 fully saturated rings. The first-order chi connectivity index (χ1) is 9.40. The van der Waals surface area contributed by atoms with Crippen LogP contribution in [-0.2, 0) is 4.79 Å². The number of hydrogen-bond donors (Lipinski definition) is 1. The molecule has 0 aromatic heterocycles. The first-order valence-corrected chi connectivity index (χ1v) is 2.57. The highest BCUT2D eigenvalue weighted by Gasteiger charge is 2.13. The van der Waals surface area contributed by atoms with E-state index in [-0.39, 0.29) is 0 Å². The maximum Gasteiger partial charge on any atom is 0.306 e. The fourth-order valence-corrected chi connectivity index (χ4v) is 0.384. The van der Waals surface area contributed by atoms with Crippen molar-refractivity contribution in [2.24, 2.45) is 5.89 Å². The van der Waals surface area contributed by atoms with Crippen molar-refractivity contribution in [3.8, 4) is 0 Å². The van der Waals surface area contributed by atoms with Crippen molar-refractivity contribution in [1.29, 1.82) is 1.43 Å². The normalized spacial score (nSPS) is 34.0. The van der Waals surface area contributed by atoms with Crippen molar-refractivity contribution in [2.75, 3.05) is 0 Å². The minimum atomic E-state index is -3.54. The van der Waals surface area contributed by atoms with Crippen LogP contribution in [0.25, 0.3) is 1.43 Å². The van der Waals surface area contributed by atoms with Gasteiger partial charge >= 0.3 is 5.97 Å². The van der Waals surface area contributed by atoms with E-state index in [1.165, 1.54) is 0 Å². The molecule has 0 bridgehead atoms. The largest absolute Gasteiger partial charge is 0.481 e. The van der Waals surface area contributed by atoms with E-state index in [1.54, 1.807) is 0 Å². The summed E-state index contributed by atoms with van der Waals surface area (Å²) in [6, 6.07) is 0. The Labute approximate surface area is 79.2 Å². The Hall–Kier alpha value is -0.530. The van der Waals surface area contributed by atoms with Crippen LogP contribution in [0.2, 0.25) is 0 Å². The fourth-order valence-electron chi connectivity index (χ4n) is 0.384. The van der Waals surface area contributed by atoms with Crippen molar-refractivity contribution in [3.63, 3.8) is 0 Å². The summed E-state index contributed by atoms with van der Waals surface area (Å²) in [6.45, 7) is -5.90. The molecule has 0 aromatic rings. The Kier molecular flexibility index (Phi) is 0.854. The van der Waals surface area contributed by atoms with Crippen LogP contribution in [0.5, 0.6) is 0 Å². The summed E-state index contributed by atoms with van der Waals surface area (Å²) < 4.78 is 87.1. The lowest BCUT2D eigenvalue weighted by Crippen LogP contribution is -2.12. The van der Waals surface area contributed by atoms with Gasteiger partial charge in [0.1, 0.15) is 0 Å². The standard InChI is InChI=1S/C8H16O2/c1-3-5-7(6-4-2)8(9)10/h7H,3-6H2,1-2H3,(H,9,10)/i1D3,2D3,5D2,6D2,7D/hD. The number of rotatable bonds is 5. The molecule has 0 aliphatic carbocycles. The highest BCUT2D eigenvalue weighted by molar-refractivity contribution is 5.69. The molecule has 10 heavy (non-hydrogen) atoms. The van der Waals surface area contributed by atoms with Gasteiger partial charge in [0.2, 0.25) is 0 Å². The molecule has 0 heterocycles. The Morgan fingerprint density at radius 3 is 2.80 bits per heavy atom. The third-order valence-corrected chi connectivity index (χ3v) is 0.734. The third-order valence-electron chi connectivity index (χ3n) is 0.734. The molecule has 0 aliphatic rings. The van der Waals surface area contributed by atoms with Gasteiger partial charge in [0.15, 0.2) is 0 Å². The molecule has 0 amide bonds. The molecule has 60 valence electrons. The van der Waals surface area contributed by atoms with E-state index in [0.717, 1.165) is 0 Å². The lowest BCUT2D eigenvalue weighted by atomic mass is 9.99. The maximum atomic E-state index is 11.7. The lowest BCUT2D eigenvalue weighted by Gasteiger charge is -2.07. The van der Waals surface area contributed by atoms with E-state index in [1.807, 2.05) is 0 Å². The Morgan fingerprint density at radius 2 is 2.40 bits per heavy atom. The second-order valence-electron chi connectivity index (χ2n) is 1.37. The van der Waals surface area contributed by atoms with E-state index >= 15 is 0 Å². The molecular formula is C8H16O2. The van der Waals surface area contributed by atoms with Gasteiger partial charge in [-0.3, -0.25) is 4.79 Å². The zero-order chi connectivity index (χ0) is 18.2. The van der Waals surface area contributed by atoms with Gasteiger partial charge in [-0.25, -0.2) is 0 Å². The fraction of sp³-hybridized carbons (Fsp3) is 0.875. The van der Waals surface area contributed by atoms with Gasteiger partial charge in [-0.05, 0) is 12.7 Å². The van der Waals surface area contributed by atoms with Crippen LogP contribution in [0.15, 0.2) is 0 Å². The van der Waals surface area contributed by atoms with Gasteiger partial charge in [0.05, 0.1) is 5.89 Å². The molecule has 0 aliphatic heterocycles. The van der Waals surface area contributed by atoms with Crippen LogP contribution < -0.4 is 0 Å². The Morgan fingerprint density at radius 1 is 1.80 bits per heavy atom. The highest BCUT2D eigenvalue weighted by atomic mass is 16.4. The van der Waals surface area contributed by atoms with Gasteiger partial charge in [0.25, 0.3) is 1.43 Å². The number of carboxylic acids is 1. The molecule has 1 N–H and O–H groups in total. The van der Waals surface area contributed by atoms with E-state index in [9.17, 15) is 4.79 Å². The molecule has 0 radical (unpaired) electrons. The predicted molar refractivity (Wildman–Crippen MR) is 40.9 cm³/mol. The average Bonchev–Trinajstić information content (AvgIpc) is 2.19. The van der Waals surface area contributed by atoms with Crippen molar-refractivity contribution in [2.45, 2.75) is 39.3 Å². The Balaban J connectivity index is 6.03. The minimum absolute atomic E-state index is 1.39. The lowest BCUT2D eigenvalue weighted by molar-refractivity contribution is -0.142. The summed E-state index contributed by atoms with van der Waals surface area (Å²) in [6.07, 6.45) is -9.38. The van der Waals surface area contributed by atoms with Gasteiger partial charge in [-0.1, -0.05) is 26.5 Å². The molecule has 2 heteroatoms. The maximum absolute atomic E-state index is 11.7. The van der Waals surface area contributed by atoms with Crippen LogP contribution >= 0.6 is 0 Å². The topological polar surface area (TPSA) is 37.3 Å². The zero-order valence-electron chi connectivity index (χ0n) is 17.2. The van der Waals surface area contributed by atoms with Crippen LogP contribution in [-0.4, -0.2) is 11.1 Å². The minimum Gasteiger partial charge on any atom is -0.481 e. The molecule has 0 unspecified atom stereocenters. The number of carbonyl (C=O) groups is 1. The summed E-state index contributed by atoms with van der Waals surface area (Å²) in [5.74, 6) is -5.54.